The number of hydrogen-bond acceptors (Lipinski definition) is 2. The molecule has 0 heterocycles. The van der Waals surface area contributed by atoms with E-state index < -0.39 is 0 Å². The summed E-state index contributed by atoms with van der Waals surface area (Å²) in [7, 11) is 0. The van der Waals surface area contributed by atoms with Crippen molar-refractivity contribution in [3.63, 3.8) is 0 Å². The largest absolute Gasteiger partial charge is 0.313 e. The van der Waals surface area contributed by atoms with Gasteiger partial charge in [-0.25, -0.2) is 0 Å². The Morgan fingerprint density at radius 2 is 2.06 bits per heavy atom. The second-order valence-electron chi connectivity index (χ2n) is 4.54. The van der Waals surface area contributed by atoms with E-state index in [4.69, 9.17) is 0 Å². The van der Waals surface area contributed by atoms with Crippen molar-refractivity contribution >= 4 is 27.7 Å². The zero-order valence-electron chi connectivity index (χ0n) is 10.3. The molecule has 1 aromatic rings. The molecule has 1 saturated carbocycles. The maximum Gasteiger partial charge on any atom is 0.0311 e. The van der Waals surface area contributed by atoms with Gasteiger partial charge >= 0.3 is 0 Å². The van der Waals surface area contributed by atoms with Crippen LogP contribution in [-0.2, 0) is 0 Å². The molecule has 2 rings (SSSR count). The summed E-state index contributed by atoms with van der Waals surface area (Å²) in [5.41, 5.74) is 0. The van der Waals surface area contributed by atoms with Crippen molar-refractivity contribution in [3.8, 4) is 0 Å². The molecule has 3 heteroatoms. The molecule has 0 amide bonds. The Balaban J connectivity index is 2.03. The highest BCUT2D eigenvalue weighted by molar-refractivity contribution is 9.10. The molecule has 2 atom stereocenters. The molecule has 0 aliphatic heterocycles. The van der Waals surface area contributed by atoms with Gasteiger partial charge in [-0.3, -0.25) is 0 Å². The van der Waals surface area contributed by atoms with Crippen LogP contribution in [0.4, 0.5) is 0 Å². The normalized spacial score (nSPS) is 24.8. The molecule has 1 fully saturated rings. The number of benzene rings is 1. The Morgan fingerprint density at radius 1 is 1.29 bits per heavy atom. The molecule has 1 aliphatic rings. The Hall–Kier alpha value is 0.01000. The maximum absolute atomic E-state index is 3.64. The van der Waals surface area contributed by atoms with E-state index in [1.54, 1.807) is 0 Å². The van der Waals surface area contributed by atoms with Crippen molar-refractivity contribution in [2.24, 2.45) is 0 Å². The van der Waals surface area contributed by atoms with Gasteiger partial charge in [0.1, 0.15) is 0 Å². The van der Waals surface area contributed by atoms with E-state index in [9.17, 15) is 0 Å². The number of rotatable bonds is 4. The summed E-state index contributed by atoms with van der Waals surface area (Å²) >= 11 is 5.67. The van der Waals surface area contributed by atoms with E-state index in [2.05, 4.69) is 52.4 Å². The van der Waals surface area contributed by atoms with E-state index in [0.717, 1.165) is 11.8 Å². The lowest BCUT2D eigenvalue weighted by Gasteiger charge is -2.31. The third-order valence-corrected chi connectivity index (χ3v) is 5.71. The van der Waals surface area contributed by atoms with Crippen molar-refractivity contribution in [2.75, 3.05) is 6.54 Å². The van der Waals surface area contributed by atoms with Crippen LogP contribution in [0.3, 0.4) is 0 Å². The zero-order valence-corrected chi connectivity index (χ0v) is 12.7. The highest BCUT2D eigenvalue weighted by Crippen LogP contribution is 2.37. The fourth-order valence-corrected chi connectivity index (χ4v) is 4.35. The second-order valence-corrected chi connectivity index (χ2v) is 6.67. The van der Waals surface area contributed by atoms with Gasteiger partial charge in [-0.05, 0) is 47.4 Å². The Labute approximate surface area is 117 Å². The Kier molecular flexibility index (Phi) is 5.39. The number of halogens is 1. The van der Waals surface area contributed by atoms with Crippen LogP contribution >= 0.6 is 27.7 Å². The van der Waals surface area contributed by atoms with Gasteiger partial charge in [0.2, 0.25) is 0 Å². The molecule has 0 spiro atoms. The van der Waals surface area contributed by atoms with Gasteiger partial charge < -0.3 is 5.32 Å². The van der Waals surface area contributed by atoms with E-state index in [1.807, 2.05) is 11.8 Å². The van der Waals surface area contributed by atoms with Gasteiger partial charge in [0, 0.05) is 20.7 Å². The summed E-state index contributed by atoms with van der Waals surface area (Å²) in [5, 5.41) is 4.36. The Bertz CT molecular complexity index is 354. The van der Waals surface area contributed by atoms with Crippen molar-refractivity contribution in [1.29, 1.82) is 0 Å². The monoisotopic (exact) mass is 313 g/mol. The highest BCUT2D eigenvalue weighted by atomic mass is 79.9. The summed E-state index contributed by atoms with van der Waals surface area (Å²) in [6, 6.07) is 9.24. The zero-order chi connectivity index (χ0) is 12.1. The van der Waals surface area contributed by atoms with Crippen LogP contribution in [0.1, 0.15) is 32.6 Å². The number of nitrogens with one attached hydrogen (secondary N) is 1. The van der Waals surface area contributed by atoms with Crippen LogP contribution in [0.5, 0.6) is 0 Å². The molecule has 1 nitrogen and oxygen atoms in total. The van der Waals surface area contributed by atoms with Crippen LogP contribution in [-0.4, -0.2) is 17.8 Å². The van der Waals surface area contributed by atoms with Crippen LogP contribution in [0.15, 0.2) is 33.6 Å². The molecule has 0 bridgehead atoms. The molecule has 2 unspecified atom stereocenters. The van der Waals surface area contributed by atoms with Gasteiger partial charge in [-0.15, -0.1) is 11.8 Å². The average molecular weight is 314 g/mol. The molecule has 0 radical (unpaired) electrons. The summed E-state index contributed by atoms with van der Waals surface area (Å²) < 4.78 is 1.23. The number of thioether (sulfide) groups is 1. The summed E-state index contributed by atoms with van der Waals surface area (Å²) in [6.07, 6.45) is 5.42. The third-order valence-electron chi connectivity index (χ3n) is 3.28. The molecule has 1 aromatic carbocycles. The van der Waals surface area contributed by atoms with Crippen LogP contribution < -0.4 is 5.32 Å². The van der Waals surface area contributed by atoms with Gasteiger partial charge in [-0.1, -0.05) is 31.9 Å². The van der Waals surface area contributed by atoms with Gasteiger partial charge in [-0.2, -0.15) is 0 Å². The first-order chi connectivity index (χ1) is 8.31. The predicted molar refractivity (Wildman–Crippen MR) is 79.7 cm³/mol. The lowest BCUT2D eigenvalue weighted by atomic mass is 9.95. The first kappa shape index (κ1) is 13.4. The predicted octanol–water partition coefficient (Wildman–Crippen LogP) is 4.46. The van der Waals surface area contributed by atoms with E-state index in [0.29, 0.717) is 6.04 Å². The van der Waals surface area contributed by atoms with E-state index in [1.165, 1.54) is 35.1 Å². The summed E-state index contributed by atoms with van der Waals surface area (Å²) in [4.78, 5) is 1.38. The first-order valence-electron chi connectivity index (χ1n) is 6.46. The lowest BCUT2D eigenvalue weighted by Crippen LogP contribution is -2.40. The minimum atomic E-state index is 0.686. The first-order valence-corrected chi connectivity index (χ1v) is 8.13. The Morgan fingerprint density at radius 3 is 2.82 bits per heavy atom. The summed E-state index contributed by atoms with van der Waals surface area (Å²) in [6.45, 7) is 3.28. The minimum absolute atomic E-state index is 0.686. The fourth-order valence-electron chi connectivity index (χ4n) is 2.44. The SMILES string of the molecule is CCNC1CCCCC1Sc1ccccc1Br. The topological polar surface area (TPSA) is 12.0 Å². The van der Waals surface area contributed by atoms with Gasteiger partial charge in [0.05, 0.1) is 0 Å². The van der Waals surface area contributed by atoms with Crippen LogP contribution in [0.2, 0.25) is 0 Å². The lowest BCUT2D eigenvalue weighted by molar-refractivity contribution is 0.391. The number of hydrogen-bond donors (Lipinski definition) is 1. The van der Waals surface area contributed by atoms with Gasteiger partial charge in [0.15, 0.2) is 0 Å². The molecular formula is C14H20BrNS. The molecule has 0 aromatic heterocycles. The maximum atomic E-state index is 3.64. The quantitative estimate of drug-likeness (QED) is 0.880. The molecule has 1 N–H and O–H groups in total. The second kappa shape index (κ2) is 6.81. The molecule has 0 saturated heterocycles. The summed E-state index contributed by atoms with van der Waals surface area (Å²) in [5.74, 6) is 0. The standard InChI is InChI=1S/C14H20BrNS/c1-2-16-12-8-4-6-10-14(12)17-13-9-5-3-7-11(13)15/h3,5,7,9,12,14,16H,2,4,6,8,10H2,1H3. The van der Waals surface area contributed by atoms with Crippen molar-refractivity contribution < 1.29 is 0 Å². The average Bonchev–Trinajstić information content (AvgIpc) is 2.35. The minimum Gasteiger partial charge on any atom is -0.313 e. The molecule has 1 aliphatic carbocycles. The van der Waals surface area contributed by atoms with Crippen molar-refractivity contribution in [3.05, 3.63) is 28.7 Å². The van der Waals surface area contributed by atoms with Crippen LogP contribution in [0, 0.1) is 0 Å². The highest BCUT2D eigenvalue weighted by Gasteiger charge is 2.25. The van der Waals surface area contributed by atoms with Crippen molar-refractivity contribution in [1.82, 2.24) is 5.32 Å². The van der Waals surface area contributed by atoms with E-state index >= 15 is 0 Å². The smallest absolute Gasteiger partial charge is 0.0311 e. The molecular weight excluding hydrogens is 294 g/mol. The van der Waals surface area contributed by atoms with E-state index in [-0.39, 0.29) is 0 Å². The third kappa shape index (κ3) is 3.73. The fraction of sp³-hybridized carbons (Fsp3) is 0.571. The molecule has 94 valence electrons. The molecule has 17 heavy (non-hydrogen) atoms. The van der Waals surface area contributed by atoms with Gasteiger partial charge in [0.25, 0.3) is 0 Å². The van der Waals surface area contributed by atoms with Crippen LogP contribution in [0.25, 0.3) is 0 Å². The van der Waals surface area contributed by atoms with Crippen molar-refractivity contribution in [2.45, 2.75) is 48.8 Å².